The highest BCUT2D eigenvalue weighted by atomic mass is 35.5. The van der Waals surface area contributed by atoms with Crippen LogP contribution in [0.4, 0.5) is 5.69 Å². The second-order valence-electron chi connectivity index (χ2n) is 5.24. The summed E-state index contributed by atoms with van der Waals surface area (Å²) in [4.78, 5) is 23.8. The monoisotopic (exact) mass is 307 g/mol. The Kier molecular flexibility index (Phi) is 3.47. The van der Waals surface area contributed by atoms with E-state index in [2.05, 4.69) is 5.32 Å². The first kappa shape index (κ1) is 14.1. The number of ether oxygens (including phenoxy) is 1. The molecule has 1 fully saturated rings. The second kappa shape index (κ2) is 5.16. The van der Waals surface area contributed by atoms with Gasteiger partial charge < -0.3 is 15.2 Å². The van der Waals surface area contributed by atoms with Crippen molar-refractivity contribution in [2.45, 2.75) is 19.1 Å². The summed E-state index contributed by atoms with van der Waals surface area (Å²) >= 11 is 6.02. The smallest absolute Gasteiger partial charge is 0.310 e. The van der Waals surface area contributed by atoms with Crippen molar-refractivity contribution in [3.05, 3.63) is 40.9 Å². The Morgan fingerprint density at radius 2 is 1.90 bits per heavy atom. The first-order chi connectivity index (χ1) is 9.99. The van der Waals surface area contributed by atoms with Crippen molar-refractivity contribution in [1.29, 1.82) is 0 Å². The fourth-order valence-electron chi connectivity index (χ4n) is 2.87. The van der Waals surface area contributed by atoms with E-state index in [4.69, 9.17) is 16.3 Å². The first-order valence-electron chi connectivity index (χ1n) is 6.61. The Morgan fingerprint density at radius 1 is 1.24 bits per heavy atom. The molecule has 3 rings (SSSR count). The van der Waals surface area contributed by atoms with Crippen LogP contribution >= 0.6 is 11.6 Å². The number of nitrogens with one attached hydrogen (secondary N) is 1. The number of fused-ring (bicyclic) bond motifs is 2. The lowest BCUT2D eigenvalue weighted by molar-refractivity contribution is -0.145. The van der Waals surface area contributed by atoms with Gasteiger partial charge in [-0.25, -0.2) is 0 Å². The maximum atomic E-state index is 12.5. The minimum absolute atomic E-state index is 0.357. The number of hydrogen-bond donors (Lipinski definition) is 2. The molecule has 0 saturated carbocycles. The fourth-order valence-corrected chi connectivity index (χ4v) is 3.05. The molecule has 6 heteroatoms. The van der Waals surface area contributed by atoms with E-state index in [0.717, 1.165) is 5.56 Å². The molecular formula is C15H14ClNO4. The second-order valence-corrected chi connectivity index (χ2v) is 5.65. The zero-order valence-electron chi connectivity index (χ0n) is 11.2. The standard InChI is InChI=1S/C15H14ClNO4/c1-7-8(16)3-2-4-9(7)17-14(18)12-10-5-6-11(21-10)13(12)15(19)20/h2-6,10-13H,1H3,(H,17,18)(H,19,20)/t10-,11-,12+,13-/m0/s1. The highest BCUT2D eigenvalue weighted by molar-refractivity contribution is 6.31. The van der Waals surface area contributed by atoms with E-state index in [-0.39, 0.29) is 5.91 Å². The lowest BCUT2D eigenvalue weighted by atomic mass is 9.82. The zero-order valence-corrected chi connectivity index (χ0v) is 12.0. The first-order valence-corrected chi connectivity index (χ1v) is 6.99. The summed E-state index contributed by atoms with van der Waals surface area (Å²) in [7, 11) is 0. The summed E-state index contributed by atoms with van der Waals surface area (Å²) in [6, 6.07) is 5.20. The predicted octanol–water partition coefficient (Wildman–Crippen LogP) is 2.24. The average molecular weight is 308 g/mol. The summed E-state index contributed by atoms with van der Waals surface area (Å²) in [5.41, 5.74) is 1.34. The molecule has 0 radical (unpaired) electrons. The number of anilines is 1. The van der Waals surface area contributed by atoms with Gasteiger partial charge in [-0.2, -0.15) is 0 Å². The minimum Gasteiger partial charge on any atom is -0.481 e. The summed E-state index contributed by atoms with van der Waals surface area (Å²) in [6.45, 7) is 1.80. The summed E-state index contributed by atoms with van der Waals surface area (Å²) < 4.78 is 5.49. The molecule has 0 spiro atoms. The molecule has 2 N–H and O–H groups in total. The van der Waals surface area contributed by atoms with Gasteiger partial charge in [-0.05, 0) is 24.6 Å². The van der Waals surface area contributed by atoms with Crippen LogP contribution in [0.3, 0.4) is 0 Å². The molecule has 5 nitrogen and oxygen atoms in total. The highest BCUT2D eigenvalue weighted by Gasteiger charge is 2.53. The number of carbonyl (C=O) groups excluding carboxylic acids is 1. The number of carboxylic acids is 1. The zero-order chi connectivity index (χ0) is 15.1. The lowest BCUT2D eigenvalue weighted by Crippen LogP contribution is -2.39. The number of carbonyl (C=O) groups is 2. The molecule has 21 heavy (non-hydrogen) atoms. The Balaban J connectivity index is 1.84. The number of aliphatic carboxylic acids is 1. The molecule has 1 aromatic carbocycles. The van der Waals surface area contributed by atoms with Crippen LogP contribution in [0.1, 0.15) is 5.56 Å². The van der Waals surface area contributed by atoms with E-state index >= 15 is 0 Å². The molecule has 1 amide bonds. The van der Waals surface area contributed by atoms with Gasteiger partial charge in [-0.3, -0.25) is 9.59 Å². The third-order valence-electron chi connectivity index (χ3n) is 4.01. The van der Waals surface area contributed by atoms with Crippen LogP contribution in [0.5, 0.6) is 0 Å². The highest BCUT2D eigenvalue weighted by Crippen LogP contribution is 2.40. The van der Waals surface area contributed by atoms with Crippen LogP contribution in [0, 0.1) is 18.8 Å². The van der Waals surface area contributed by atoms with Crippen molar-refractivity contribution in [2.75, 3.05) is 5.32 Å². The van der Waals surface area contributed by atoms with Crippen LogP contribution in [0.15, 0.2) is 30.4 Å². The van der Waals surface area contributed by atoms with Gasteiger partial charge in [0.15, 0.2) is 0 Å². The minimum atomic E-state index is -1.02. The maximum absolute atomic E-state index is 12.5. The Morgan fingerprint density at radius 3 is 2.57 bits per heavy atom. The number of carboxylic acid groups (broad SMARTS) is 1. The molecule has 0 aliphatic carbocycles. The van der Waals surface area contributed by atoms with E-state index in [9.17, 15) is 14.7 Å². The van der Waals surface area contributed by atoms with Crippen molar-refractivity contribution in [1.82, 2.24) is 0 Å². The van der Waals surface area contributed by atoms with Crippen LogP contribution in [-0.2, 0) is 14.3 Å². The van der Waals surface area contributed by atoms with E-state index in [1.165, 1.54) is 0 Å². The number of halogens is 1. The Bertz CT molecular complexity index is 643. The van der Waals surface area contributed by atoms with Crippen LogP contribution in [0.2, 0.25) is 5.02 Å². The number of amides is 1. The number of hydrogen-bond acceptors (Lipinski definition) is 3. The topological polar surface area (TPSA) is 75.6 Å². The fraction of sp³-hybridized carbons (Fsp3) is 0.333. The molecule has 2 aliphatic heterocycles. The normalized spacial score (nSPS) is 29.6. The molecule has 1 saturated heterocycles. The van der Waals surface area contributed by atoms with E-state index in [1.807, 2.05) is 0 Å². The molecule has 2 aliphatic rings. The SMILES string of the molecule is Cc1c(Cl)cccc1NC(=O)[C@H]1[C@@H](C(=O)O)[C@@H]2C=C[C@@H]1O2. The van der Waals surface area contributed by atoms with Crippen molar-refractivity contribution < 1.29 is 19.4 Å². The van der Waals surface area contributed by atoms with Gasteiger partial charge in [0.2, 0.25) is 5.91 Å². The molecule has 0 aromatic heterocycles. The summed E-state index contributed by atoms with van der Waals surface area (Å²) in [5, 5.41) is 12.6. The number of benzene rings is 1. The Hall–Kier alpha value is -1.85. The van der Waals surface area contributed by atoms with Gasteiger partial charge in [-0.1, -0.05) is 29.8 Å². The number of rotatable bonds is 3. The van der Waals surface area contributed by atoms with E-state index in [1.54, 1.807) is 37.3 Å². The Labute approximate surface area is 126 Å². The van der Waals surface area contributed by atoms with Gasteiger partial charge in [0.25, 0.3) is 0 Å². The van der Waals surface area contributed by atoms with Crippen molar-refractivity contribution >= 4 is 29.2 Å². The van der Waals surface area contributed by atoms with E-state index in [0.29, 0.717) is 10.7 Å². The van der Waals surface area contributed by atoms with Crippen molar-refractivity contribution in [3.63, 3.8) is 0 Å². The van der Waals surface area contributed by atoms with Crippen LogP contribution in [0.25, 0.3) is 0 Å². The third kappa shape index (κ3) is 2.32. The van der Waals surface area contributed by atoms with Crippen molar-refractivity contribution in [2.24, 2.45) is 11.8 Å². The van der Waals surface area contributed by atoms with Gasteiger partial charge in [-0.15, -0.1) is 0 Å². The van der Waals surface area contributed by atoms with Gasteiger partial charge in [0.1, 0.15) is 5.92 Å². The largest absolute Gasteiger partial charge is 0.481 e. The van der Waals surface area contributed by atoms with E-state index < -0.39 is 30.0 Å². The average Bonchev–Trinajstić information content (AvgIpc) is 3.04. The predicted molar refractivity (Wildman–Crippen MR) is 77.2 cm³/mol. The molecular weight excluding hydrogens is 294 g/mol. The lowest BCUT2D eigenvalue weighted by Gasteiger charge is -2.21. The summed E-state index contributed by atoms with van der Waals surface area (Å²) in [6.07, 6.45) is 2.45. The van der Waals surface area contributed by atoms with Crippen LogP contribution in [-0.4, -0.2) is 29.2 Å². The molecule has 110 valence electrons. The molecule has 4 atom stereocenters. The molecule has 2 heterocycles. The quantitative estimate of drug-likeness (QED) is 0.840. The maximum Gasteiger partial charge on any atom is 0.310 e. The third-order valence-corrected chi connectivity index (χ3v) is 4.42. The molecule has 0 unspecified atom stereocenters. The van der Waals surface area contributed by atoms with Gasteiger partial charge in [0, 0.05) is 10.7 Å². The van der Waals surface area contributed by atoms with Crippen LogP contribution < -0.4 is 5.32 Å². The van der Waals surface area contributed by atoms with Crippen molar-refractivity contribution in [3.8, 4) is 0 Å². The van der Waals surface area contributed by atoms with Gasteiger partial charge >= 0.3 is 5.97 Å². The van der Waals surface area contributed by atoms with Gasteiger partial charge in [0.05, 0.1) is 18.1 Å². The molecule has 2 bridgehead atoms. The molecule has 1 aromatic rings. The summed E-state index contributed by atoms with van der Waals surface area (Å²) in [5.74, 6) is -2.95.